The van der Waals surface area contributed by atoms with Crippen LogP contribution in [0.2, 0.25) is 0 Å². The normalized spacial score (nSPS) is 13.6. The van der Waals surface area contributed by atoms with Crippen molar-refractivity contribution in [1.82, 2.24) is 14.8 Å². The van der Waals surface area contributed by atoms with Crippen LogP contribution in [-0.2, 0) is 20.1 Å². The van der Waals surface area contributed by atoms with Crippen molar-refractivity contribution < 1.29 is 9.53 Å². The number of aryl methyl sites for hydroxylation is 2. The molecule has 1 aromatic heterocycles. The highest BCUT2D eigenvalue weighted by Crippen LogP contribution is 2.24. The molecule has 0 bridgehead atoms. The number of fused-ring (bicyclic) bond motifs is 2. The zero-order valence-electron chi connectivity index (χ0n) is 16.1. The molecule has 6 heteroatoms. The summed E-state index contributed by atoms with van der Waals surface area (Å²) in [5.41, 5.74) is 3.47. The maximum Gasteiger partial charge on any atom is 0.318 e. The number of hydrogen-bond acceptors (Lipinski definition) is 3. The van der Waals surface area contributed by atoms with E-state index in [0.29, 0.717) is 25.3 Å². The molecule has 144 valence electrons. The molecule has 1 N–H and O–H groups in total. The van der Waals surface area contributed by atoms with Gasteiger partial charge in [0.15, 0.2) is 0 Å². The van der Waals surface area contributed by atoms with Gasteiger partial charge in [0.05, 0.1) is 18.6 Å². The van der Waals surface area contributed by atoms with Gasteiger partial charge in [-0.15, -0.1) is 0 Å². The molecule has 2 heterocycles. The van der Waals surface area contributed by atoms with E-state index in [9.17, 15) is 9.59 Å². The van der Waals surface area contributed by atoms with Crippen LogP contribution in [0.4, 0.5) is 4.79 Å². The molecule has 0 saturated carbocycles. The quantitative estimate of drug-likeness (QED) is 0.747. The van der Waals surface area contributed by atoms with E-state index >= 15 is 0 Å². The smallest absolute Gasteiger partial charge is 0.318 e. The van der Waals surface area contributed by atoms with Crippen molar-refractivity contribution in [2.75, 3.05) is 13.2 Å². The van der Waals surface area contributed by atoms with Gasteiger partial charge in [-0.25, -0.2) is 4.79 Å². The third-order valence-corrected chi connectivity index (χ3v) is 5.12. The lowest BCUT2D eigenvalue weighted by molar-refractivity contribution is 0.187. The minimum atomic E-state index is -0.201. The Morgan fingerprint density at radius 3 is 2.86 bits per heavy atom. The van der Waals surface area contributed by atoms with Gasteiger partial charge in [0.25, 0.3) is 5.56 Å². The fraction of sp³-hybridized carbons (Fsp3) is 0.273. The number of aromatic nitrogens is 1. The van der Waals surface area contributed by atoms with Crippen LogP contribution in [0.25, 0.3) is 10.9 Å². The van der Waals surface area contributed by atoms with Gasteiger partial charge in [0.1, 0.15) is 12.4 Å². The number of pyridine rings is 1. The number of rotatable bonds is 2. The Bertz CT molecular complexity index is 1100. The number of nitrogens with one attached hydrogen (secondary N) is 1. The van der Waals surface area contributed by atoms with Crippen LogP contribution in [0.3, 0.4) is 0 Å². The second-order valence-electron chi connectivity index (χ2n) is 7.13. The zero-order valence-corrected chi connectivity index (χ0v) is 16.1. The van der Waals surface area contributed by atoms with E-state index in [1.807, 2.05) is 55.5 Å². The summed E-state index contributed by atoms with van der Waals surface area (Å²) in [4.78, 5) is 27.1. The molecule has 0 aliphatic carbocycles. The van der Waals surface area contributed by atoms with E-state index in [0.717, 1.165) is 27.8 Å². The van der Waals surface area contributed by atoms with Crippen molar-refractivity contribution in [3.8, 4) is 5.75 Å². The van der Waals surface area contributed by atoms with E-state index in [-0.39, 0.29) is 18.1 Å². The van der Waals surface area contributed by atoms with Crippen molar-refractivity contribution in [3.63, 3.8) is 0 Å². The molecule has 0 spiro atoms. The monoisotopic (exact) mass is 377 g/mol. The van der Waals surface area contributed by atoms with E-state index in [1.165, 1.54) is 0 Å². The summed E-state index contributed by atoms with van der Waals surface area (Å²) in [5.74, 6) is 0.823. The largest absolute Gasteiger partial charge is 0.491 e. The van der Waals surface area contributed by atoms with Crippen LogP contribution >= 0.6 is 0 Å². The number of carbonyl (C=O) groups excluding carboxylic acids is 1. The van der Waals surface area contributed by atoms with Crippen LogP contribution < -0.4 is 15.6 Å². The van der Waals surface area contributed by atoms with E-state index in [1.54, 1.807) is 16.5 Å². The number of benzene rings is 2. The summed E-state index contributed by atoms with van der Waals surface area (Å²) in [5, 5.41) is 3.87. The highest BCUT2D eigenvalue weighted by molar-refractivity contribution is 5.80. The molecule has 0 radical (unpaired) electrons. The Morgan fingerprint density at radius 2 is 2.00 bits per heavy atom. The predicted octanol–water partition coefficient (Wildman–Crippen LogP) is 2.95. The highest BCUT2D eigenvalue weighted by Gasteiger charge is 2.20. The summed E-state index contributed by atoms with van der Waals surface area (Å²) in [7, 11) is 1.75. The lowest BCUT2D eigenvalue weighted by Gasteiger charge is -2.20. The first-order valence-corrected chi connectivity index (χ1v) is 9.35. The van der Waals surface area contributed by atoms with Gasteiger partial charge >= 0.3 is 6.03 Å². The third-order valence-electron chi connectivity index (χ3n) is 5.12. The Hall–Kier alpha value is -3.28. The van der Waals surface area contributed by atoms with Crippen LogP contribution in [0.5, 0.6) is 5.75 Å². The van der Waals surface area contributed by atoms with Gasteiger partial charge < -0.3 is 19.5 Å². The molecule has 0 saturated heterocycles. The standard InChI is InChI=1S/C22H23N3O3/c1-15-7-8-20-18(11-15)14-25(9-10-28-20)22(27)23-13-17-12-16-5-3-4-6-19(16)24(2)21(17)26/h3-8,11-12H,9-10,13-14H2,1-2H3,(H,23,27). The maximum absolute atomic E-state index is 12.7. The molecule has 4 rings (SSSR count). The number of carbonyl (C=O) groups is 1. The average molecular weight is 377 g/mol. The van der Waals surface area contributed by atoms with Crippen molar-refractivity contribution >= 4 is 16.9 Å². The van der Waals surface area contributed by atoms with Gasteiger partial charge in [0.2, 0.25) is 0 Å². The van der Waals surface area contributed by atoms with Gasteiger partial charge in [-0.05, 0) is 30.5 Å². The third kappa shape index (κ3) is 3.45. The summed E-state index contributed by atoms with van der Waals surface area (Å²) in [6.07, 6.45) is 0. The molecule has 6 nitrogen and oxygen atoms in total. The van der Waals surface area contributed by atoms with Crippen molar-refractivity contribution in [2.24, 2.45) is 7.05 Å². The molecular formula is C22H23N3O3. The number of amides is 2. The minimum absolute atomic E-state index is 0.0980. The number of ether oxygens (including phenoxy) is 1. The van der Waals surface area contributed by atoms with E-state index in [2.05, 4.69) is 5.32 Å². The van der Waals surface area contributed by atoms with Gasteiger partial charge in [-0.3, -0.25) is 4.79 Å². The number of hydrogen-bond donors (Lipinski definition) is 1. The topological polar surface area (TPSA) is 63.6 Å². The Kier molecular flexibility index (Phi) is 4.77. The van der Waals surface area contributed by atoms with Gasteiger partial charge in [0, 0.05) is 24.7 Å². The fourth-order valence-electron chi connectivity index (χ4n) is 3.60. The Balaban J connectivity index is 1.51. The van der Waals surface area contributed by atoms with Crippen LogP contribution in [0.15, 0.2) is 53.3 Å². The first-order chi connectivity index (χ1) is 13.5. The zero-order chi connectivity index (χ0) is 19.7. The second-order valence-corrected chi connectivity index (χ2v) is 7.13. The Morgan fingerprint density at radius 1 is 1.18 bits per heavy atom. The first kappa shape index (κ1) is 18.1. The molecule has 0 fully saturated rings. The molecule has 2 aromatic carbocycles. The molecule has 3 aromatic rings. The molecule has 0 atom stereocenters. The predicted molar refractivity (Wildman–Crippen MR) is 109 cm³/mol. The minimum Gasteiger partial charge on any atom is -0.491 e. The lowest BCUT2D eigenvalue weighted by Crippen LogP contribution is -2.41. The first-order valence-electron chi connectivity index (χ1n) is 9.35. The number of urea groups is 1. The van der Waals surface area contributed by atoms with Crippen LogP contribution in [0, 0.1) is 6.92 Å². The molecule has 0 unspecified atom stereocenters. The van der Waals surface area contributed by atoms with Crippen molar-refractivity contribution in [2.45, 2.75) is 20.0 Å². The summed E-state index contributed by atoms with van der Waals surface area (Å²) >= 11 is 0. The Labute approximate surface area is 163 Å². The molecular weight excluding hydrogens is 354 g/mol. The molecule has 28 heavy (non-hydrogen) atoms. The van der Waals surface area contributed by atoms with E-state index < -0.39 is 0 Å². The van der Waals surface area contributed by atoms with Gasteiger partial charge in [-0.1, -0.05) is 35.9 Å². The number of nitrogens with zero attached hydrogens (tertiary/aromatic N) is 2. The van der Waals surface area contributed by atoms with Crippen molar-refractivity contribution in [1.29, 1.82) is 0 Å². The van der Waals surface area contributed by atoms with Crippen molar-refractivity contribution in [3.05, 3.63) is 75.6 Å². The maximum atomic E-state index is 12.7. The van der Waals surface area contributed by atoms with Crippen LogP contribution in [-0.4, -0.2) is 28.6 Å². The SMILES string of the molecule is Cc1ccc2c(c1)CN(C(=O)NCc1cc3ccccc3n(C)c1=O)CCO2. The average Bonchev–Trinajstić information content (AvgIpc) is 2.91. The fourth-order valence-corrected chi connectivity index (χ4v) is 3.60. The molecule has 2 amide bonds. The lowest BCUT2D eigenvalue weighted by atomic mass is 10.1. The number of para-hydroxylation sites is 1. The summed E-state index contributed by atoms with van der Waals surface area (Å²) in [6, 6.07) is 15.4. The summed E-state index contributed by atoms with van der Waals surface area (Å²) in [6.45, 7) is 3.63. The van der Waals surface area contributed by atoms with Gasteiger partial charge in [-0.2, -0.15) is 0 Å². The summed E-state index contributed by atoms with van der Waals surface area (Å²) < 4.78 is 7.38. The molecule has 1 aliphatic heterocycles. The molecule has 1 aliphatic rings. The second kappa shape index (κ2) is 7.38. The van der Waals surface area contributed by atoms with Crippen LogP contribution in [0.1, 0.15) is 16.7 Å². The van der Waals surface area contributed by atoms with E-state index in [4.69, 9.17) is 4.74 Å². The highest BCUT2D eigenvalue weighted by atomic mass is 16.5.